The van der Waals surface area contributed by atoms with Crippen molar-refractivity contribution in [1.29, 1.82) is 5.26 Å². The topological polar surface area (TPSA) is 97.8 Å². The number of nitrogens with one attached hydrogen (secondary N) is 1. The number of ether oxygens (including phenoxy) is 1. The maximum atomic E-state index is 12.3. The highest BCUT2D eigenvalue weighted by Gasteiger charge is 2.32. The fourth-order valence-corrected chi connectivity index (χ4v) is 2.43. The highest BCUT2D eigenvalue weighted by atomic mass is 16.5. The summed E-state index contributed by atoms with van der Waals surface area (Å²) in [7, 11) is 1.73. The zero-order valence-electron chi connectivity index (χ0n) is 11.4. The van der Waals surface area contributed by atoms with E-state index in [1.165, 1.54) is 0 Å². The molecular weight excluding hydrogens is 272 g/mol. The number of hydrogen-bond donors (Lipinski definition) is 1. The average Bonchev–Trinajstić information content (AvgIpc) is 3.17. The van der Waals surface area contributed by atoms with Crippen molar-refractivity contribution in [3.63, 3.8) is 0 Å². The van der Waals surface area contributed by atoms with Gasteiger partial charge in [0.1, 0.15) is 11.8 Å². The zero-order chi connectivity index (χ0) is 14.8. The van der Waals surface area contributed by atoms with E-state index in [0.29, 0.717) is 24.5 Å². The molecule has 0 unspecified atom stereocenters. The van der Waals surface area contributed by atoms with Crippen molar-refractivity contribution in [3.05, 3.63) is 35.9 Å². The number of carbonyl (C=O) groups excluding carboxylic acids is 1. The Kier molecular flexibility index (Phi) is 3.41. The van der Waals surface area contributed by atoms with Crippen LogP contribution in [0.5, 0.6) is 0 Å². The molecule has 3 heterocycles. The van der Waals surface area contributed by atoms with Crippen LogP contribution in [0.4, 0.5) is 0 Å². The SMILES string of the molecule is Cn1cc(C#N)cc1C(=O)N[C@H]1COC[C@H]1n1ccnn1. The van der Waals surface area contributed by atoms with Gasteiger partial charge < -0.3 is 14.6 Å². The van der Waals surface area contributed by atoms with Gasteiger partial charge in [0.15, 0.2) is 0 Å². The van der Waals surface area contributed by atoms with E-state index in [1.807, 2.05) is 6.07 Å². The van der Waals surface area contributed by atoms with E-state index in [9.17, 15) is 4.79 Å². The van der Waals surface area contributed by atoms with Gasteiger partial charge >= 0.3 is 0 Å². The van der Waals surface area contributed by atoms with E-state index in [0.717, 1.165) is 0 Å². The summed E-state index contributed by atoms with van der Waals surface area (Å²) < 4.78 is 8.74. The van der Waals surface area contributed by atoms with Crippen LogP contribution in [0.25, 0.3) is 0 Å². The summed E-state index contributed by atoms with van der Waals surface area (Å²) in [6, 6.07) is 3.33. The molecule has 8 heteroatoms. The fourth-order valence-electron chi connectivity index (χ4n) is 2.43. The summed E-state index contributed by atoms with van der Waals surface area (Å²) in [4.78, 5) is 12.3. The van der Waals surface area contributed by atoms with E-state index < -0.39 is 0 Å². The minimum absolute atomic E-state index is 0.0767. The van der Waals surface area contributed by atoms with Crippen LogP contribution in [-0.4, -0.2) is 44.7 Å². The normalized spacial score (nSPS) is 21.1. The molecule has 3 rings (SSSR count). The van der Waals surface area contributed by atoms with Gasteiger partial charge in [-0.15, -0.1) is 5.10 Å². The number of rotatable bonds is 3. The number of amides is 1. The standard InChI is InChI=1S/C13H14N6O2/c1-18-6-9(5-14)4-11(18)13(20)16-10-7-21-8-12(10)19-3-2-15-17-19/h2-4,6,10,12H,7-8H2,1H3,(H,16,20)/t10-,12+/m0/s1. The number of nitrogens with zero attached hydrogens (tertiary/aromatic N) is 5. The first-order valence-corrected chi connectivity index (χ1v) is 6.50. The molecule has 2 aromatic heterocycles. The van der Waals surface area contributed by atoms with Crippen molar-refractivity contribution in [1.82, 2.24) is 24.9 Å². The highest BCUT2D eigenvalue weighted by molar-refractivity contribution is 5.93. The van der Waals surface area contributed by atoms with Crippen molar-refractivity contribution >= 4 is 5.91 Å². The first-order valence-electron chi connectivity index (χ1n) is 6.50. The van der Waals surface area contributed by atoms with Crippen LogP contribution in [0, 0.1) is 11.3 Å². The molecule has 1 aliphatic heterocycles. The van der Waals surface area contributed by atoms with Crippen molar-refractivity contribution in [2.45, 2.75) is 12.1 Å². The molecule has 0 saturated carbocycles. The molecule has 2 aromatic rings. The molecule has 0 radical (unpaired) electrons. The Morgan fingerprint density at radius 1 is 1.57 bits per heavy atom. The fraction of sp³-hybridized carbons (Fsp3) is 0.385. The number of aromatic nitrogens is 4. The van der Waals surface area contributed by atoms with Crippen LogP contribution in [0.1, 0.15) is 22.1 Å². The Bertz CT molecular complexity index is 684. The van der Waals surface area contributed by atoms with Crippen LogP contribution in [-0.2, 0) is 11.8 Å². The monoisotopic (exact) mass is 286 g/mol. The summed E-state index contributed by atoms with van der Waals surface area (Å²) in [5, 5.41) is 19.5. The third kappa shape index (κ3) is 2.51. The van der Waals surface area contributed by atoms with Crippen molar-refractivity contribution in [2.24, 2.45) is 7.05 Å². The summed E-state index contributed by atoms with van der Waals surface area (Å²) >= 11 is 0. The van der Waals surface area contributed by atoms with Gasteiger partial charge in [-0.1, -0.05) is 5.21 Å². The third-order valence-corrected chi connectivity index (χ3v) is 3.51. The van der Waals surface area contributed by atoms with Gasteiger partial charge in [0.25, 0.3) is 5.91 Å². The average molecular weight is 286 g/mol. The van der Waals surface area contributed by atoms with Gasteiger partial charge in [0.2, 0.25) is 0 Å². The first kappa shape index (κ1) is 13.3. The van der Waals surface area contributed by atoms with E-state index in [4.69, 9.17) is 10.00 Å². The van der Waals surface area contributed by atoms with Crippen LogP contribution >= 0.6 is 0 Å². The lowest BCUT2D eigenvalue weighted by molar-refractivity contribution is 0.0916. The Labute approximate surface area is 120 Å². The Morgan fingerprint density at radius 3 is 3.10 bits per heavy atom. The molecule has 21 heavy (non-hydrogen) atoms. The molecule has 0 spiro atoms. The lowest BCUT2D eigenvalue weighted by atomic mass is 10.1. The van der Waals surface area contributed by atoms with Gasteiger partial charge in [-0.25, -0.2) is 4.68 Å². The van der Waals surface area contributed by atoms with Gasteiger partial charge in [-0.05, 0) is 6.07 Å². The lowest BCUT2D eigenvalue weighted by Crippen LogP contribution is -2.41. The molecule has 0 aromatic carbocycles. The molecule has 1 amide bonds. The molecule has 1 aliphatic rings. The van der Waals surface area contributed by atoms with Crippen LogP contribution in [0.15, 0.2) is 24.7 Å². The molecular formula is C13H14N6O2. The molecule has 1 fully saturated rings. The number of hydrogen-bond acceptors (Lipinski definition) is 5. The second-order valence-electron chi connectivity index (χ2n) is 4.90. The molecule has 2 atom stereocenters. The van der Waals surface area contributed by atoms with Crippen LogP contribution in [0.3, 0.4) is 0 Å². The van der Waals surface area contributed by atoms with Gasteiger partial charge in [-0.3, -0.25) is 4.79 Å². The maximum absolute atomic E-state index is 12.3. The zero-order valence-corrected chi connectivity index (χ0v) is 11.4. The molecule has 108 valence electrons. The molecule has 0 aliphatic carbocycles. The van der Waals surface area contributed by atoms with Gasteiger partial charge in [0, 0.05) is 19.4 Å². The van der Waals surface area contributed by atoms with E-state index >= 15 is 0 Å². The predicted octanol–water partition coefficient (Wildman–Crippen LogP) is -0.142. The largest absolute Gasteiger partial charge is 0.377 e. The lowest BCUT2D eigenvalue weighted by Gasteiger charge is -2.18. The van der Waals surface area contributed by atoms with Crippen molar-refractivity contribution < 1.29 is 9.53 Å². The van der Waals surface area contributed by atoms with E-state index in [2.05, 4.69) is 15.6 Å². The Balaban J connectivity index is 1.75. The van der Waals surface area contributed by atoms with Gasteiger partial charge in [0.05, 0.1) is 37.1 Å². The maximum Gasteiger partial charge on any atom is 0.268 e. The molecule has 8 nitrogen and oxygen atoms in total. The quantitative estimate of drug-likeness (QED) is 0.846. The molecule has 0 bridgehead atoms. The predicted molar refractivity (Wildman–Crippen MR) is 71.3 cm³/mol. The van der Waals surface area contributed by atoms with Crippen LogP contribution in [0.2, 0.25) is 0 Å². The summed E-state index contributed by atoms with van der Waals surface area (Å²) in [5.74, 6) is -0.236. The molecule has 1 saturated heterocycles. The minimum atomic E-state index is -0.236. The summed E-state index contributed by atoms with van der Waals surface area (Å²) in [6.07, 6.45) is 4.96. The smallest absolute Gasteiger partial charge is 0.268 e. The van der Waals surface area contributed by atoms with Gasteiger partial charge in [-0.2, -0.15) is 5.26 Å². The Morgan fingerprint density at radius 2 is 2.43 bits per heavy atom. The second kappa shape index (κ2) is 5.38. The van der Waals surface area contributed by atoms with Crippen LogP contribution < -0.4 is 5.32 Å². The Hall–Kier alpha value is -2.66. The highest BCUT2D eigenvalue weighted by Crippen LogP contribution is 2.19. The second-order valence-corrected chi connectivity index (χ2v) is 4.90. The first-order chi connectivity index (χ1) is 10.2. The van der Waals surface area contributed by atoms with E-state index in [1.54, 1.807) is 41.0 Å². The third-order valence-electron chi connectivity index (χ3n) is 3.51. The summed E-state index contributed by atoms with van der Waals surface area (Å²) in [5.41, 5.74) is 0.897. The number of carbonyl (C=O) groups is 1. The number of aryl methyl sites for hydroxylation is 1. The van der Waals surface area contributed by atoms with E-state index in [-0.39, 0.29) is 18.0 Å². The van der Waals surface area contributed by atoms with Crippen molar-refractivity contribution in [3.8, 4) is 6.07 Å². The molecule has 1 N–H and O–H groups in total. The summed E-state index contributed by atoms with van der Waals surface area (Å²) in [6.45, 7) is 0.899. The minimum Gasteiger partial charge on any atom is -0.377 e. The number of nitriles is 1. The van der Waals surface area contributed by atoms with Crippen molar-refractivity contribution in [2.75, 3.05) is 13.2 Å².